The molecule has 6 heteroatoms. The van der Waals surface area contributed by atoms with Crippen LogP contribution in [0.5, 0.6) is 0 Å². The Morgan fingerprint density at radius 2 is 2.27 bits per heavy atom. The summed E-state index contributed by atoms with van der Waals surface area (Å²) in [4.78, 5) is 8.01. The van der Waals surface area contributed by atoms with Crippen molar-refractivity contribution in [1.82, 2.24) is 20.1 Å². The van der Waals surface area contributed by atoms with Crippen molar-refractivity contribution in [2.45, 2.75) is 32.9 Å². The van der Waals surface area contributed by atoms with Crippen molar-refractivity contribution in [2.24, 2.45) is 10.7 Å². The van der Waals surface area contributed by atoms with Gasteiger partial charge in [-0.25, -0.2) is 4.98 Å². The molecule has 1 aromatic rings. The zero-order valence-corrected chi connectivity index (χ0v) is 9.44. The molecule has 0 aliphatic heterocycles. The van der Waals surface area contributed by atoms with Crippen LogP contribution in [0.3, 0.4) is 0 Å². The van der Waals surface area contributed by atoms with Crippen LogP contribution < -0.4 is 11.1 Å². The van der Waals surface area contributed by atoms with Crippen LogP contribution in [0.1, 0.15) is 20.8 Å². The Balaban J connectivity index is 2.32. The summed E-state index contributed by atoms with van der Waals surface area (Å²) in [7, 11) is 0. The highest BCUT2D eigenvalue weighted by Crippen LogP contribution is 1.96. The van der Waals surface area contributed by atoms with Crippen LogP contribution in [0.15, 0.2) is 17.6 Å². The third-order valence-electron chi connectivity index (χ3n) is 1.58. The van der Waals surface area contributed by atoms with Gasteiger partial charge in [0.25, 0.3) is 0 Å². The fourth-order valence-corrected chi connectivity index (χ4v) is 1.04. The molecule has 0 saturated carbocycles. The monoisotopic (exact) mass is 210 g/mol. The van der Waals surface area contributed by atoms with Crippen molar-refractivity contribution in [3.63, 3.8) is 0 Å². The zero-order chi connectivity index (χ0) is 11.3. The number of nitrogens with two attached hydrogens (primary N) is 1. The lowest BCUT2D eigenvalue weighted by Gasteiger charge is -2.20. The van der Waals surface area contributed by atoms with Crippen LogP contribution in [0.25, 0.3) is 0 Å². The second kappa shape index (κ2) is 4.77. The molecule has 0 spiro atoms. The van der Waals surface area contributed by atoms with Crippen molar-refractivity contribution in [3.8, 4) is 0 Å². The fourth-order valence-electron chi connectivity index (χ4n) is 1.04. The van der Waals surface area contributed by atoms with E-state index in [2.05, 4.69) is 20.4 Å². The molecule has 0 amide bonds. The molecule has 84 valence electrons. The number of hydrogen-bond donors (Lipinski definition) is 2. The van der Waals surface area contributed by atoms with Gasteiger partial charge in [-0.15, -0.1) is 0 Å². The molecule has 0 aromatic carbocycles. The molecule has 0 fully saturated rings. The van der Waals surface area contributed by atoms with Gasteiger partial charge in [0.05, 0.1) is 13.1 Å². The van der Waals surface area contributed by atoms with Crippen molar-refractivity contribution in [2.75, 3.05) is 6.54 Å². The predicted octanol–water partition coefficient (Wildman–Crippen LogP) is -0.0191. The van der Waals surface area contributed by atoms with Crippen molar-refractivity contribution in [3.05, 3.63) is 12.7 Å². The third kappa shape index (κ3) is 4.99. The highest BCUT2D eigenvalue weighted by atomic mass is 15.3. The Hall–Kier alpha value is -1.59. The highest BCUT2D eigenvalue weighted by Gasteiger charge is 2.09. The maximum atomic E-state index is 5.69. The van der Waals surface area contributed by atoms with Gasteiger partial charge >= 0.3 is 0 Å². The average molecular weight is 210 g/mol. The molecule has 0 aliphatic carbocycles. The van der Waals surface area contributed by atoms with E-state index in [1.165, 1.54) is 6.33 Å². The second-order valence-corrected chi connectivity index (χ2v) is 4.30. The van der Waals surface area contributed by atoms with E-state index in [-0.39, 0.29) is 5.54 Å². The maximum absolute atomic E-state index is 5.69. The Morgan fingerprint density at radius 3 is 2.80 bits per heavy atom. The van der Waals surface area contributed by atoms with E-state index in [0.29, 0.717) is 19.0 Å². The van der Waals surface area contributed by atoms with Gasteiger partial charge in [0, 0.05) is 5.54 Å². The average Bonchev–Trinajstić information content (AvgIpc) is 2.53. The summed E-state index contributed by atoms with van der Waals surface area (Å²) in [6, 6.07) is 0. The summed E-state index contributed by atoms with van der Waals surface area (Å²) < 4.78 is 1.72. The van der Waals surface area contributed by atoms with E-state index in [0.717, 1.165) is 0 Å². The topological polar surface area (TPSA) is 81.1 Å². The first-order valence-electron chi connectivity index (χ1n) is 4.88. The minimum Gasteiger partial charge on any atom is -0.370 e. The van der Waals surface area contributed by atoms with E-state index in [1.54, 1.807) is 11.0 Å². The van der Waals surface area contributed by atoms with E-state index < -0.39 is 0 Å². The Morgan fingerprint density at radius 1 is 1.53 bits per heavy atom. The van der Waals surface area contributed by atoms with Gasteiger partial charge in [-0.1, -0.05) is 0 Å². The lowest BCUT2D eigenvalue weighted by atomic mass is 10.1. The Labute approximate surface area is 89.6 Å². The molecule has 0 radical (unpaired) electrons. The Kier molecular flexibility index (Phi) is 3.65. The van der Waals surface area contributed by atoms with Gasteiger partial charge in [-0.3, -0.25) is 9.67 Å². The van der Waals surface area contributed by atoms with Crippen LogP contribution in [-0.4, -0.2) is 32.8 Å². The molecule has 0 atom stereocenters. The SMILES string of the molecule is CC(C)(C)NC(N)=NCCn1cncn1. The molecule has 3 N–H and O–H groups in total. The van der Waals surface area contributed by atoms with Crippen LogP contribution in [-0.2, 0) is 6.54 Å². The van der Waals surface area contributed by atoms with Crippen LogP contribution >= 0.6 is 0 Å². The quantitative estimate of drug-likeness (QED) is 0.542. The molecule has 0 saturated heterocycles. The number of aromatic nitrogens is 3. The van der Waals surface area contributed by atoms with Gasteiger partial charge in [-0.2, -0.15) is 5.10 Å². The number of guanidine groups is 1. The second-order valence-electron chi connectivity index (χ2n) is 4.30. The van der Waals surface area contributed by atoms with Gasteiger partial charge < -0.3 is 11.1 Å². The van der Waals surface area contributed by atoms with Gasteiger partial charge in [-0.05, 0) is 20.8 Å². The lowest BCUT2D eigenvalue weighted by molar-refractivity contribution is 0.507. The summed E-state index contributed by atoms with van der Waals surface area (Å²) in [5.74, 6) is 0.461. The first-order valence-corrected chi connectivity index (χ1v) is 4.88. The number of nitrogens with one attached hydrogen (secondary N) is 1. The first kappa shape index (κ1) is 11.5. The minimum atomic E-state index is -0.0547. The summed E-state index contributed by atoms with van der Waals surface area (Å²) in [5, 5.41) is 7.04. The summed E-state index contributed by atoms with van der Waals surface area (Å²) >= 11 is 0. The zero-order valence-electron chi connectivity index (χ0n) is 9.44. The van der Waals surface area contributed by atoms with Gasteiger partial charge in [0.1, 0.15) is 12.7 Å². The first-order chi connectivity index (χ1) is 6.97. The minimum absolute atomic E-state index is 0.0547. The van der Waals surface area contributed by atoms with Gasteiger partial charge in [0.15, 0.2) is 5.96 Å². The largest absolute Gasteiger partial charge is 0.370 e. The summed E-state index contributed by atoms with van der Waals surface area (Å²) in [6.07, 6.45) is 3.16. The van der Waals surface area contributed by atoms with Crippen LogP contribution in [0.4, 0.5) is 0 Å². The molecule has 0 aliphatic rings. The van der Waals surface area contributed by atoms with Crippen molar-refractivity contribution >= 4 is 5.96 Å². The molecule has 1 aromatic heterocycles. The number of rotatable bonds is 3. The van der Waals surface area contributed by atoms with Crippen LogP contribution in [0.2, 0.25) is 0 Å². The summed E-state index contributed by atoms with van der Waals surface area (Å²) in [5.41, 5.74) is 5.64. The molecule has 6 nitrogen and oxygen atoms in total. The number of hydrogen-bond acceptors (Lipinski definition) is 3. The van der Waals surface area contributed by atoms with E-state index in [4.69, 9.17) is 5.73 Å². The predicted molar refractivity (Wildman–Crippen MR) is 59.4 cm³/mol. The highest BCUT2D eigenvalue weighted by molar-refractivity contribution is 5.78. The molecule has 0 bridgehead atoms. The molecule has 1 rings (SSSR count). The number of aliphatic imine (C=N–C) groups is 1. The van der Waals surface area contributed by atoms with Crippen LogP contribution in [0, 0.1) is 0 Å². The normalized spacial score (nSPS) is 12.9. The molecule has 15 heavy (non-hydrogen) atoms. The molecular formula is C9H18N6. The smallest absolute Gasteiger partial charge is 0.189 e. The molecular weight excluding hydrogens is 192 g/mol. The van der Waals surface area contributed by atoms with E-state index in [1.807, 2.05) is 20.8 Å². The van der Waals surface area contributed by atoms with E-state index >= 15 is 0 Å². The van der Waals surface area contributed by atoms with Crippen molar-refractivity contribution in [1.29, 1.82) is 0 Å². The third-order valence-corrected chi connectivity index (χ3v) is 1.58. The van der Waals surface area contributed by atoms with Crippen molar-refractivity contribution < 1.29 is 0 Å². The standard InChI is InChI=1S/C9H18N6/c1-9(2,3)14-8(10)12-4-5-15-7-11-6-13-15/h6-7H,4-5H2,1-3H3,(H3,10,12,14). The number of nitrogens with zero attached hydrogens (tertiary/aromatic N) is 4. The van der Waals surface area contributed by atoms with E-state index in [9.17, 15) is 0 Å². The molecule has 0 unspecified atom stereocenters. The maximum Gasteiger partial charge on any atom is 0.189 e. The summed E-state index contributed by atoms with van der Waals surface area (Å²) in [6.45, 7) is 7.39. The molecule has 1 heterocycles. The Bertz CT molecular complexity index is 308. The fraction of sp³-hybridized carbons (Fsp3) is 0.667. The van der Waals surface area contributed by atoms with Gasteiger partial charge in [0.2, 0.25) is 0 Å². The lowest BCUT2D eigenvalue weighted by Crippen LogP contribution is -2.45.